The third-order valence-electron chi connectivity index (χ3n) is 10.9. The van der Waals surface area contributed by atoms with E-state index in [1.807, 2.05) is 24.3 Å². The van der Waals surface area contributed by atoms with E-state index in [1.54, 1.807) is 0 Å². The Hall–Kier alpha value is -6.84. The molecule has 0 unspecified atom stereocenters. The Labute approximate surface area is 300 Å². The number of anilines is 3. The molecule has 0 atom stereocenters. The fourth-order valence-corrected chi connectivity index (χ4v) is 8.79. The summed E-state index contributed by atoms with van der Waals surface area (Å²) in [5.41, 5.74) is 13.4. The summed E-state index contributed by atoms with van der Waals surface area (Å²) in [4.78, 5) is 2.36. The third kappa shape index (κ3) is 3.96. The van der Waals surface area contributed by atoms with Gasteiger partial charge < -0.3 is 13.7 Å². The Morgan fingerprint density at radius 3 is 1.67 bits per heavy atom. The maximum atomic E-state index is 6.83. The van der Waals surface area contributed by atoms with E-state index in [0.29, 0.717) is 0 Å². The van der Waals surface area contributed by atoms with Crippen LogP contribution in [0, 0.1) is 0 Å². The summed E-state index contributed by atoms with van der Waals surface area (Å²) in [6, 6.07) is 67.3. The summed E-state index contributed by atoms with van der Waals surface area (Å²) >= 11 is 0. The molecule has 3 heteroatoms. The second-order valence-electron chi connectivity index (χ2n) is 13.6. The fourth-order valence-electron chi connectivity index (χ4n) is 8.79. The van der Waals surface area contributed by atoms with Crippen LogP contribution in [0.15, 0.2) is 197 Å². The average Bonchev–Trinajstić information content (AvgIpc) is 3.88. The highest BCUT2D eigenvalue weighted by atomic mass is 16.3. The first kappa shape index (κ1) is 28.9. The molecule has 0 aliphatic heterocycles. The van der Waals surface area contributed by atoms with Crippen LogP contribution in [-0.2, 0) is 5.41 Å². The van der Waals surface area contributed by atoms with Crippen molar-refractivity contribution < 1.29 is 8.83 Å². The predicted octanol–water partition coefficient (Wildman–Crippen LogP) is 13.3. The summed E-state index contributed by atoms with van der Waals surface area (Å²) in [5, 5.41) is 4.15. The lowest BCUT2D eigenvalue weighted by atomic mass is 9.67. The lowest BCUT2D eigenvalue weighted by Crippen LogP contribution is -2.28. The Bertz CT molecular complexity index is 2920. The summed E-state index contributed by atoms with van der Waals surface area (Å²) in [5.74, 6) is 0. The molecular weight excluding hydrogens is 635 g/mol. The first-order valence-electron chi connectivity index (χ1n) is 17.8. The minimum Gasteiger partial charge on any atom is -0.455 e. The molecule has 0 saturated carbocycles. The van der Waals surface area contributed by atoms with Gasteiger partial charge in [0, 0.05) is 27.5 Å². The molecule has 3 nitrogen and oxygen atoms in total. The molecule has 0 N–H and O–H groups in total. The number of hydrogen-bond donors (Lipinski definition) is 0. The highest BCUT2D eigenvalue weighted by Gasteiger charge is 2.46. The van der Waals surface area contributed by atoms with E-state index in [-0.39, 0.29) is 0 Å². The topological polar surface area (TPSA) is 29.5 Å². The van der Waals surface area contributed by atoms with E-state index in [9.17, 15) is 0 Å². The first-order chi connectivity index (χ1) is 25.8. The molecule has 0 spiro atoms. The van der Waals surface area contributed by atoms with Gasteiger partial charge in [0.1, 0.15) is 16.7 Å². The zero-order valence-electron chi connectivity index (χ0n) is 28.2. The van der Waals surface area contributed by atoms with Gasteiger partial charge in [0.15, 0.2) is 5.58 Å². The molecule has 0 saturated heterocycles. The van der Waals surface area contributed by atoms with Crippen LogP contribution in [0.1, 0.15) is 22.3 Å². The number of fused-ring (bicyclic) bond motifs is 10. The zero-order valence-corrected chi connectivity index (χ0v) is 28.2. The highest BCUT2D eigenvalue weighted by molar-refractivity contribution is 6.25. The maximum Gasteiger partial charge on any atom is 0.163 e. The fraction of sp³-hybridized carbons (Fsp3) is 0.0204. The first-order valence-corrected chi connectivity index (χ1v) is 17.8. The van der Waals surface area contributed by atoms with Crippen LogP contribution >= 0.6 is 0 Å². The van der Waals surface area contributed by atoms with Gasteiger partial charge in [-0.25, -0.2) is 0 Å². The van der Waals surface area contributed by atoms with Crippen molar-refractivity contribution in [2.24, 2.45) is 0 Å². The molecule has 0 bridgehead atoms. The molecule has 10 aromatic rings. The highest BCUT2D eigenvalue weighted by Crippen LogP contribution is 2.57. The molecule has 0 amide bonds. The van der Waals surface area contributed by atoms with Crippen molar-refractivity contribution in [3.63, 3.8) is 0 Å². The van der Waals surface area contributed by atoms with Gasteiger partial charge in [0.25, 0.3) is 0 Å². The van der Waals surface area contributed by atoms with Crippen LogP contribution in [0.3, 0.4) is 0 Å². The lowest BCUT2D eigenvalue weighted by molar-refractivity contribution is 0.663. The molecule has 2 aromatic heterocycles. The van der Waals surface area contributed by atoms with Crippen LogP contribution in [0.2, 0.25) is 0 Å². The SMILES string of the molecule is c1ccc(N(c2ccc3c(c2)C(c2ccccc2)(c2ccccc2)c2ccccc2-3)c2cc3c4ccccc4oc3c3c2oc2ccccc23)cc1. The second kappa shape index (κ2) is 11.1. The van der Waals surface area contributed by atoms with Gasteiger partial charge in [-0.2, -0.15) is 0 Å². The van der Waals surface area contributed by atoms with E-state index in [4.69, 9.17) is 8.83 Å². The van der Waals surface area contributed by atoms with E-state index >= 15 is 0 Å². The van der Waals surface area contributed by atoms with E-state index in [2.05, 4.69) is 169 Å². The lowest BCUT2D eigenvalue weighted by Gasteiger charge is -2.35. The average molecular weight is 666 g/mol. The Morgan fingerprint density at radius 1 is 0.385 bits per heavy atom. The normalized spacial score (nSPS) is 13.2. The van der Waals surface area contributed by atoms with Crippen LogP contribution < -0.4 is 4.90 Å². The minimum atomic E-state index is -0.522. The second-order valence-corrected chi connectivity index (χ2v) is 13.6. The van der Waals surface area contributed by atoms with Crippen molar-refractivity contribution in [1.29, 1.82) is 0 Å². The molecule has 1 aliphatic carbocycles. The van der Waals surface area contributed by atoms with Crippen molar-refractivity contribution in [1.82, 2.24) is 0 Å². The van der Waals surface area contributed by atoms with Gasteiger partial charge in [-0.05, 0) is 75.8 Å². The number of nitrogens with zero attached hydrogens (tertiary/aromatic N) is 1. The van der Waals surface area contributed by atoms with Crippen molar-refractivity contribution in [2.45, 2.75) is 5.41 Å². The number of rotatable bonds is 5. The molecule has 1 aliphatic rings. The summed E-state index contributed by atoms with van der Waals surface area (Å²) in [6.45, 7) is 0. The van der Waals surface area contributed by atoms with Gasteiger partial charge >= 0.3 is 0 Å². The third-order valence-corrected chi connectivity index (χ3v) is 10.9. The standard InChI is InChI=1S/C49H31NO2/c1-4-16-32(17-5-1)49(33-18-6-2-7-19-33)41-25-13-10-22-36(41)37-29-28-35(30-42(37)49)50(34-20-8-3-9-21-34)43-31-40-38-23-11-14-26-44(38)51-47(40)46-39-24-12-15-27-45(39)52-48(43)46/h1-31H. The summed E-state index contributed by atoms with van der Waals surface area (Å²) in [7, 11) is 0. The molecule has 11 rings (SSSR count). The number of benzene rings is 8. The van der Waals surface area contributed by atoms with Gasteiger partial charge in [-0.15, -0.1) is 0 Å². The van der Waals surface area contributed by atoms with Crippen molar-refractivity contribution in [2.75, 3.05) is 4.90 Å². The summed E-state index contributed by atoms with van der Waals surface area (Å²) in [6.07, 6.45) is 0. The van der Waals surface area contributed by atoms with Gasteiger partial charge in [0.2, 0.25) is 0 Å². The van der Waals surface area contributed by atoms with Crippen molar-refractivity contribution >= 4 is 60.9 Å². The monoisotopic (exact) mass is 665 g/mol. The maximum absolute atomic E-state index is 6.83. The largest absolute Gasteiger partial charge is 0.455 e. The number of furan rings is 2. The molecule has 2 heterocycles. The van der Waals surface area contributed by atoms with Gasteiger partial charge in [-0.1, -0.05) is 146 Å². The Kier molecular flexibility index (Phi) is 6.17. The van der Waals surface area contributed by atoms with Gasteiger partial charge in [-0.3, -0.25) is 0 Å². The van der Waals surface area contributed by atoms with Crippen LogP contribution in [0.4, 0.5) is 17.1 Å². The molecule has 0 fully saturated rings. The van der Waals surface area contributed by atoms with E-state index < -0.39 is 5.41 Å². The molecule has 52 heavy (non-hydrogen) atoms. The molecular formula is C49H31NO2. The molecule has 244 valence electrons. The molecule has 8 aromatic carbocycles. The summed E-state index contributed by atoms with van der Waals surface area (Å²) < 4.78 is 13.5. The Morgan fingerprint density at radius 2 is 0.942 bits per heavy atom. The Balaban J connectivity index is 1.26. The number of para-hydroxylation sites is 3. The minimum absolute atomic E-state index is 0.522. The van der Waals surface area contributed by atoms with Crippen LogP contribution in [0.25, 0.3) is 55.0 Å². The number of hydrogen-bond acceptors (Lipinski definition) is 3. The van der Waals surface area contributed by atoms with E-state index in [1.165, 1.54) is 33.4 Å². The van der Waals surface area contributed by atoms with Crippen molar-refractivity contribution in [3.05, 3.63) is 210 Å². The van der Waals surface area contributed by atoms with Gasteiger partial charge in [0.05, 0.1) is 16.5 Å². The van der Waals surface area contributed by atoms with E-state index in [0.717, 1.165) is 60.9 Å². The van der Waals surface area contributed by atoms with Crippen LogP contribution in [-0.4, -0.2) is 0 Å². The smallest absolute Gasteiger partial charge is 0.163 e. The predicted molar refractivity (Wildman–Crippen MR) is 213 cm³/mol. The van der Waals surface area contributed by atoms with Crippen molar-refractivity contribution in [3.8, 4) is 11.1 Å². The molecule has 0 radical (unpaired) electrons. The van der Waals surface area contributed by atoms with Crippen LogP contribution in [0.5, 0.6) is 0 Å². The quantitative estimate of drug-likeness (QED) is 0.183. The zero-order chi connectivity index (χ0) is 34.2.